The molecule has 2 aliphatic carbocycles. The summed E-state index contributed by atoms with van der Waals surface area (Å²) >= 11 is 0. The third-order valence-corrected chi connectivity index (χ3v) is 5.73. The summed E-state index contributed by atoms with van der Waals surface area (Å²) in [4.78, 5) is 0. The molecule has 0 aromatic heterocycles. The summed E-state index contributed by atoms with van der Waals surface area (Å²) < 4.78 is 0. The first-order chi connectivity index (χ1) is 9.36. The maximum absolute atomic E-state index is 3.80. The Morgan fingerprint density at radius 3 is 2.25 bits per heavy atom. The summed E-state index contributed by atoms with van der Waals surface area (Å²) in [5, 5.41) is 3.80. The Hall–Kier alpha value is -0.0400. The molecule has 0 aromatic carbocycles. The van der Waals surface area contributed by atoms with Crippen molar-refractivity contribution >= 4 is 0 Å². The molecule has 20 heavy (non-hydrogen) atoms. The lowest BCUT2D eigenvalue weighted by Crippen LogP contribution is -2.37. The topological polar surface area (TPSA) is 12.0 Å². The molecule has 2 aliphatic rings. The molecule has 2 rings (SSSR count). The van der Waals surface area contributed by atoms with Crippen molar-refractivity contribution in [1.82, 2.24) is 5.32 Å². The maximum Gasteiger partial charge on any atom is 0.00683 e. The van der Waals surface area contributed by atoms with Crippen LogP contribution in [0.1, 0.15) is 79.6 Å². The van der Waals surface area contributed by atoms with Crippen LogP contribution in [0.2, 0.25) is 0 Å². The van der Waals surface area contributed by atoms with Crippen molar-refractivity contribution in [2.45, 2.75) is 85.6 Å². The van der Waals surface area contributed by atoms with Crippen LogP contribution in [-0.2, 0) is 0 Å². The quantitative estimate of drug-likeness (QED) is 0.700. The molecule has 0 amide bonds. The highest BCUT2D eigenvalue weighted by Gasteiger charge is 2.36. The monoisotopic (exact) mass is 279 g/mol. The molecular formula is C19H37N. The van der Waals surface area contributed by atoms with E-state index in [9.17, 15) is 0 Å². The summed E-state index contributed by atoms with van der Waals surface area (Å²) in [5.74, 6) is 3.73. The van der Waals surface area contributed by atoms with Gasteiger partial charge in [0.25, 0.3) is 0 Å². The maximum atomic E-state index is 3.80. The van der Waals surface area contributed by atoms with E-state index in [0.717, 1.165) is 29.7 Å². The summed E-state index contributed by atoms with van der Waals surface area (Å²) in [6.07, 6.45) is 10.1. The lowest BCUT2D eigenvalue weighted by atomic mass is 9.64. The first kappa shape index (κ1) is 16.3. The number of hydrogen-bond acceptors (Lipinski definition) is 1. The van der Waals surface area contributed by atoms with E-state index < -0.39 is 0 Å². The molecule has 118 valence electrons. The highest BCUT2D eigenvalue weighted by atomic mass is 14.9. The van der Waals surface area contributed by atoms with Gasteiger partial charge in [-0.1, -0.05) is 41.0 Å². The van der Waals surface area contributed by atoms with Crippen molar-refractivity contribution in [3.8, 4) is 0 Å². The van der Waals surface area contributed by atoms with Crippen LogP contribution >= 0.6 is 0 Å². The fraction of sp³-hybridized carbons (Fsp3) is 1.00. The third kappa shape index (κ3) is 5.06. The summed E-state index contributed by atoms with van der Waals surface area (Å²) in [6.45, 7) is 13.4. The van der Waals surface area contributed by atoms with Gasteiger partial charge in [0.2, 0.25) is 0 Å². The molecular weight excluding hydrogens is 242 g/mol. The Kier molecular flexibility index (Phi) is 5.56. The average Bonchev–Trinajstić information content (AvgIpc) is 3.17. The molecule has 1 N–H and O–H groups in total. The molecule has 0 spiro atoms. The third-order valence-electron chi connectivity index (χ3n) is 5.73. The van der Waals surface area contributed by atoms with Gasteiger partial charge in [-0.2, -0.15) is 0 Å². The molecule has 0 aliphatic heterocycles. The summed E-state index contributed by atoms with van der Waals surface area (Å²) in [5.41, 5.74) is 0.505. The Morgan fingerprint density at radius 1 is 1.00 bits per heavy atom. The van der Waals surface area contributed by atoms with Gasteiger partial charge >= 0.3 is 0 Å². The molecule has 0 aromatic rings. The zero-order chi connectivity index (χ0) is 14.8. The fourth-order valence-electron chi connectivity index (χ4n) is 3.89. The molecule has 0 bridgehead atoms. The van der Waals surface area contributed by atoms with Gasteiger partial charge in [0.15, 0.2) is 0 Å². The van der Waals surface area contributed by atoms with Gasteiger partial charge in [0.1, 0.15) is 0 Å². The molecule has 2 fully saturated rings. The molecule has 1 heteroatoms. The minimum Gasteiger partial charge on any atom is -0.314 e. The van der Waals surface area contributed by atoms with Crippen molar-refractivity contribution < 1.29 is 0 Å². The van der Waals surface area contributed by atoms with E-state index in [4.69, 9.17) is 0 Å². The van der Waals surface area contributed by atoms with Crippen molar-refractivity contribution in [1.29, 1.82) is 0 Å². The van der Waals surface area contributed by atoms with E-state index in [1.807, 2.05) is 0 Å². The lowest BCUT2D eigenvalue weighted by molar-refractivity contribution is 0.0893. The van der Waals surface area contributed by atoms with Gasteiger partial charge in [-0.05, 0) is 74.2 Å². The van der Waals surface area contributed by atoms with E-state index in [-0.39, 0.29) is 0 Å². The Morgan fingerprint density at radius 2 is 1.70 bits per heavy atom. The van der Waals surface area contributed by atoms with Crippen LogP contribution in [0.15, 0.2) is 0 Å². The largest absolute Gasteiger partial charge is 0.314 e. The molecule has 0 radical (unpaired) electrons. The number of rotatable bonds is 6. The van der Waals surface area contributed by atoms with E-state index in [2.05, 4.69) is 39.9 Å². The van der Waals surface area contributed by atoms with Gasteiger partial charge in [-0.3, -0.25) is 0 Å². The van der Waals surface area contributed by atoms with Crippen LogP contribution < -0.4 is 5.32 Å². The molecule has 1 nitrogen and oxygen atoms in total. The molecule has 3 unspecified atom stereocenters. The van der Waals surface area contributed by atoms with Gasteiger partial charge in [0, 0.05) is 6.04 Å². The van der Waals surface area contributed by atoms with Crippen LogP contribution in [0.4, 0.5) is 0 Å². The minimum absolute atomic E-state index is 0.505. The zero-order valence-electron chi connectivity index (χ0n) is 14.5. The Balaban J connectivity index is 1.88. The molecule has 2 saturated carbocycles. The van der Waals surface area contributed by atoms with E-state index >= 15 is 0 Å². The fourth-order valence-corrected chi connectivity index (χ4v) is 3.89. The molecule has 0 heterocycles. The Labute approximate surface area is 127 Å². The lowest BCUT2D eigenvalue weighted by Gasteiger charge is -2.42. The predicted molar refractivity (Wildman–Crippen MR) is 88.9 cm³/mol. The second-order valence-corrected chi connectivity index (χ2v) is 9.05. The highest BCUT2D eigenvalue weighted by molar-refractivity contribution is 4.89. The predicted octanol–water partition coefficient (Wildman–Crippen LogP) is 5.25. The molecule has 3 atom stereocenters. The Bertz CT molecular complexity index is 285. The zero-order valence-corrected chi connectivity index (χ0v) is 14.5. The van der Waals surface area contributed by atoms with Crippen LogP contribution in [0, 0.1) is 29.1 Å². The number of nitrogens with one attached hydrogen (secondary N) is 1. The first-order valence-corrected chi connectivity index (χ1v) is 9.09. The van der Waals surface area contributed by atoms with E-state index in [1.54, 1.807) is 0 Å². The van der Waals surface area contributed by atoms with Crippen LogP contribution in [0.25, 0.3) is 0 Å². The van der Waals surface area contributed by atoms with Crippen LogP contribution in [0.5, 0.6) is 0 Å². The van der Waals surface area contributed by atoms with Crippen LogP contribution in [0.3, 0.4) is 0 Å². The summed E-state index contributed by atoms with van der Waals surface area (Å²) in [7, 11) is 0. The van der Waals surface area contributed by atoms with Crippen molar-refractivity contribution in [3.63, 3.8) is 0 Å². The summed E-state index contributed by atoms with van der Waals surface area (Å²) in [6, 6.07) is 0.876. The SMILES string of the molecule is CC(C)CCC1CC(C(C)(C)C)CCC1CNC1CC1. The minimum atomic E-state index is 0.505. The average molecular weight is 280 g/mol. The number of hydrogen-bond donors (Lipinski definition) is 1. The first-order valence-electron chi connectivity index (χ1n) is 9.09. The van der Waals surface area contributed by atoms with Crippen molar-refractivity contribution in [2.75, 3.05) is 6.54 Å². The highest BCUT2D eigenvalue weighted by Crippen LogP contribution is 2.44. The second-order valence-electron chi connectivity index (χ2n) is 9.05. The van der Waals surface area contributed by atoms with Crippen molar-refractivity contribution in [2.24, 2.45) is 29.1 Å². The van der Waals surface area contributed by atoms with E-state index in [1.165, 1.54) is 51.5 Å². The van der Waals surface area contributed by atoms with Gasteiger partial charge < -0.3 is 5.32 Å². The van der Waals surface area contributed by atoms with E-state index in [0.29, 0.717) is 5.41 Å². The normalized spacial score (nSPS) is 31.8. The van der Waals surface area contributed by atoms with Gasteiger partial charge in [-0.15, -0.1) is 0 Å². The second kappa shape index (κ2) is 6.81. The van der Waals surface area contributed by atoms with Gasteiger partial charge in [-0.25, -0.2) is 0 Å². The molecule has 0 saturated heterocycles. The van der Waals surface area contributed by atoms with Crippen molar-refractivity contribution in [3.05, 3.63) is 0 Å². The van der Waals surface area contributed by atoms with Crippen LogP contribution in [-0.4, -0.2) is 12.6 Å². The standard InChI is InChI=1S/C19H37N/c1-14(2)6-7-15-12-17(19(3,4)5)9-8-16(15)13-20-18-10-11-18/h14-18,20H,6-13H2,1-5H3. The smallest absolute Gasteiger partial charge is 0.00683 e. The van der Waals surface area contributed by atoms with Gasteiger partial charge in [0.05, 0.1) is 0 Å².